The molecule has 3 nitrogen and oxygen atoms in total. The fourth-order valence-electron chi connectivity index (χ4n) is 2.62. The normalized spacial score (nSPS) is 18.0. The molecule has 1 heterocycles. The molecule has 1 fully saturated rings. The minimum absolute atomic E-state index is 0.166. The Hall–Kier alpha value is -0.870. The van der Waals surface area contributed by atoms with Gasteiger partial charge in [0, 0.05) is 11.0 Å². The molecule has 104 valence electrons. The second-order valence-electron chi connectivity index (χ2n) is 5.19. The summed E-state index contributed by atoms with van der Waals surface area (Å²) in [5.41, 5.74) is 0.970. The molecule has 0 aliphatic carbocycles. The summed E-state index contributed by atoms with van der Waals surface area (Å²) in [4.78, 5) is 12.4. The molecular formula is C15H21BrN2O. The van der Waals surface area contributed by atoms with Crippen molar-refractivity contribution in [2.24, 2.45) is 5.41 Å². The summed E-state index contributed by atoms with van der Waals surface area (Å²) in [6, 6.07) is 8.07. The number of carbonyl (C=O) groups excluding carboxylic acids is 1. The van der Waals surface area contributed by atoms with Gasteiger partial charge in [-0.3, -0.25) is 4.79 Å². The predicted molar refractivity (Wildman–Crippen MR) is 80.8 cm³/mol. The lowest BCUT2D eigenvalue weighted by molar-refractivity contribution is -0.133. The van der Waals surface area contributed by atoms with Crippen molar-refractivity contribution in [3.63, 3.8) is 0 Å². The van der Waals surface area contributed by atoms with Gasteiger partial charge in [-0.2, -0.15) is 0 Å². The highest BCUT2D eigenvalue weighted by Crippen LogP contribution is 2.32. The molecule has 0 radical (unpaired) electrons. The minimum Gasteiger partial charge on any atom is -0.352 e. The zero-order chi connectivity index (χ0) is 13.7. The van der Waals surface area contributed by atoms with Crippen molar-refractivity contribution in [1.82, 2.24) is 10.6 Å². The van der Waals surface area contributed by atoms with E-state index in [-0.39, 0.29) is 11.3 Å². The van der Waals surface area contributed by atoms with Crippen molar-refractivity contribution in [3.8, 4) is 0 Å². The number of rotatable bonds is 4. The minimum atomic E-state index is -0.166. The maximum absolute atomic E-state index is 12.4. The van der Waals surface area contributed by atoms with Crippen LogP contribution in [0.15, 0.2) is 28.7 Å². The smallest absolute Gasteiger partial charge is 0.226 e. The fourth-order valence-corrected chi connectivity index (χ4v) is 2.88. The number of hydrogen-bond donors (Lipinski definition) is 2. The molecule has 0 atom stereocenters. The monoisotopic (exact) mass is 324 g/mol. The number of benzene rings is 1. The van der Waals surface area contributed by atoms with Gasteiger partial charge in [-0.05, 0) is 50.0 Å². The molecule has 1 aliphatic heterocycles. The summed E-state index contributed by atoms with van der Waals surface area (Å²) < 4.78 is 1.06. The van der Waals surface area contributed by atoms with Gasteiger partial charge >= 0.3 is 0 Å². The van der Waals surface area contributed by atoms with E-state index in [1.54, 1.807) is 0 Å². The molecule has 0 unspecified atom stereocenters. The van der Waals surface area contributed by atoms with Crippen LogP contribution < -0.4 is 10.6 Å². The van der Waals surface area contributed by atoms with Gasteiger partial charge in [-0.15, -0.1) is 0 Å². The average Bonchev–Trinajstić information content (AvgIpc) is 2.47. The molecular weight excluding hydrogens is 304 g/mol. The molecule has 0 aromatic heterocycles. The van der Waals surface area contributed by atoms with Gasteiger partial charge in [0.15, 0.2) is 0 Å². The Morgan fingerprint density at radius 2 is 1.95 bits per heavy atom. The van der Waals surface area contributed by atoms with Crippen molar-refractivity contribution >= 4 is 21.8 Å². The Labute approximate surface area is 123 Å². The Morgan fingerprint density at radius 3 is 2.53 bits per heavy atom. The van der Waals surface area contributed by atoms with Crippen LogP contribution in [0.5, 0.6) is 0 Å². The molecule has 1 saturated heterocycles. The van der Waals surface area contributed by atoms with Crippen LogP contribution in [0.4, 0.5) is 0 Å². The lowest BCUT2D eigenvalue weighted by atomic mass is 9.76. The van der Waals surface area contributed by atoms with Gasteiger partial charge in [0.25, 0.3) is 0 Å². The number of carbonyl (C=O) groups is 1. The van der Waals surface area contributed by atoms with E-state index in [2.05, 4.69) is 33.5 Å². The van der Waals surface area contributed by atoms with Gasteiger partial charge < -0.3 is 10.6 Å². The van der Waals surface area contributed by atoms with E-state index < -0.39 is 0 Å². The van der Waals surface area contributed by atoms with E-state index >= 15 is 0 Å². The molecule has 1 amide bonds. The lowest BCUT2D eigenvalue weighted by Gasteiger charge is -2.35. The standard InChI is InChI=1S/C15H21BrN2O/c1-2-15(7-9-17-10-8-15)14(19)18-11-12-3-5-13(16)6-4-12/h3-6,17H,2,7-11H2,1H3,(H,18,19). The summed E-state index contributed by atoms with van der Waals surface area (Å²) in [6.45, 7) is 4.62. The Morgan fingerprint density at radius 1 is 1.32 bits per heavy atom. The molecule has 0 saturated carbocycles. The second-order valence-corrected chi connectivity index (χ2v) is 6.11. The summed E-state index contributed by atoms with van der Waals surface area (Å²) in [5, 5.41) is 6.42. The molecule has 0 bridgehead atoms. The van der Waals surface area contributed by atoms with Gasteiger partial charge in [0.2, 0.25) is 5.91 Å². The van der Waals surface area contributed by atoms with Crippen molar-refractivity contribution in [1.29, 1.82) is 0 Å². The summed E-state index contributed by atoms with van der Waals surface area (Å²) >= 11 is 3.41. The SMILES string of the molecule is CCC1(C(=O)NCc2ccc(Br)cc2)CCNCC1. The molecule has 2 N–H and O–H groups in total. The third-order valence-electron chi connectivity index (χ3n) is 4.09. The van der Waals surface area contributed by atoms with Crippen LogP contribution in [-0.4, -0.2) is 19.0 Å². The number of hydrogen-bond acceptors (Lipinski definition) is 2. The van der Waals surface area contributed by atoms with Crippen LogP contribution in [0, 0.1) is 5.41 Å². The van der Waals surface area contributed by atoms with E-state index in [0.29, 0.717) is 6.54 Å². The van der Waals surface area contributed by atoms with Crippen LogP contribution in [0.3, 0.4) is 0 Å². The summed E-state index contributed by atoms with van der Waals surface area (Å²) in [5.74, 6) is 0.208. The maximum Gasteiger partial charge on any atom is 0.226 e. The van der Waals surface area contributed by atoms with Crippen LogP contribution >= 0.6 is 15.9 Å². The highest BCUT2D eigenvalue weighted by atomic mass is 79.9. The number of nitrogens with one attached hydrogen (secondary N) is 2. The van der Waals surface area contributed by atoms with Gasteiger partial charge in [0.05, 0.1) is 5.41 Å². The topological polar surface area (TPSA) is 41.1 Å². The van der Waals surface area contributed by atoms with Crippen molar-refractivity contribution in [2.75, 3.05) is 13.1 Å². The van der Waals surface area contributed by atoms with Gasteiger partial charge in [0.1, 0.15) is 0 Å². The van der Waals surface area contributed by atoms with Gasteiger partial charge in [-0.1, -0.05) is 35.0 Å². The molecule has 1 aromatic rings. The van der Waals surface area contributed by atoms with Crippen LogP contribution in [-0.2, 0) is 11.3 Å². The highest BCUT2D eigenvalue weighted by Gasteiger charge is 2.37. The average molecular weight is 325 g/mol. The molecule has 2 rings (SSSR count). The van der Waals surface area contributed by atoms with Crippen LogP contribution in [0.2, 0.25) is 0 Å². The first-order valence-electron chi connectivity index (χ1n) is 6.90. The molecule has 1 aliphatic rings. The zero-order valence-electron chi connectivity index (χ0n) is 11.3. The first-order valence-corrected chi connectivity index (χ1v) is 7.69. The molecule has 0 spiro atoms. The van der Waals surface area contributed by atoms with E-state index in [0.717, 1.165) is 42.4 Å². The zero-order valence-corrected chi connectivity index (χ0v) is 12.9. The van der Waals surface area contributed by atoms with E-state index in [1.165, 1.54) is 0 Å². The first-order chi connectivity index (χ1) is 9.16. The first kappa shape index (κ1) is 14.5. The van der Waals surface area contributed by atoms with Gasteiger partial charge in [-0.25, -0.2) is 0 Å². The van der Waals surface area contributed by atoms with Crippen LogP contribution in [0.25, 0.3) is 0 Å². The van der Waals surface area contributed by atoms with E-state index in [4.69, 9.17) is 0 Å². The molecule has 1 aromatic carbocycles. The number of amides is 1. The fraction of sp³-hybridized carbons (Fsp3) is 0.533. The van der Waals surface area contributed by atoms with Crippen molar-refractivity contribution in [2.45, 2.75) is 32.7 Å². The maximum atomic E-state index is 12.4. The predicted octanol–water partition coefficient (Wildman–Crippen LogP) is 2.85. The Balaban J connectivity index is 1.94. The summed E-state index contributed by atoms with van der Waals surface area (Å²) in [7, 11) is 0. The quantitative estimate of drug-likeness (QED) is 0.894. The van der Waals surface area contributed by atoms with E-state index in [9.17, 15) is 4.79 Å². The Bertz CT molecular complexity index is 424. The Kier molecular flexibility index (Phi) is 4.99. The van der Waals surface area contributed by atoms with Crippen LogP contribution in [0.1, 0.15) is 31.7 Å². The van der Waals surface area contributed by atoms with Crippen molar-refractivity contribution in [3.05, 3.63) is 34.3 Å². The lowest BCUT2D eigenvalue weighted by Crippen LogP contribution is -2.47. The van der Waals surface area contributed by atoms with Crippen molar-refractivity contribution < 1.29 is 4.79 Å². The third-order valence-corrected chi connectivity index (χ3v) is 4.61. The highest BCUT2D eigenvalue weighted by molar-refractivity contribution is 9.10. The largest absolute Gasteiger partial charge is 0.352 e. The number of piperidine rings is 1. The second kappa shape index (κ2) is 6.53. The summed E-state index contributed by atoms with van der Waals surface area (Å²) in [6.07, 6.45) is 2.80. The van der Waals surface area contributed by atoms with E-state index in [1.807, 2.05) is 24.3 Å². The third kappa shape index (κ3) is 3.57. The molecule has 4 heteroatoms. The molecule has 19 heavy (non-hydrogen) atoms. The number of halogens is 1.